The Morgan fingerprint density at radius 1 is 0.931 bits per heavy atom. The van der Waals surface area contributed by atoms with E-state index in [2.05, 4.69) is 22.8 Å². The number of fused-ring (bicyclic) bond motifs is 1. The molecule has 150 valence electrons. The van der Waals surface area contributed by atoms with Crippen molar-refractivity contribution in [3.63, 3.8) is 0 Å². The predicted molar refractivity (Wildman–Crippen MR) is 116 cm³/mol. The maximum Gasteiger partial charge on any atom is 0.224 e. The van der Waals surface area contributed by atoms with Crippen molar-refractivity contribution < 1.29 is 9.59 Å². The minimum Gasteiger partial charge on any atom is -0.354 e. The first kappa shape index (κ1) is 20.5. The molecule has 29 heavy (non-hydrogen) atoms. The molecule has 0 aliphatic rings. The second-order valence-corrected chi connectivity index (χ2v) is 7.41. The zero-order valence-corrected chi connectivity index (χ0v) is 17.2. The molecule has 0 atom stereocenters. The molecular weight excluding hydrogens is 362 g/mol. The molecule has 2 aromatic carbocycles. The Labute approximate surface area is 171 Å². The van der Waals surface area contributed by atoms with E-state index in [1.165, 1.54) is 0 Å². The fraction of sp³-hybridized carbons (Fsp3) is 0.292. The van der Waals surface area contributed by atoms with Crippen LogP contribution in [0.3, 0.4) is 0 Å². The van der Waals surface area contributed by atoms with Crippen LogP contribution >= 0.6 is 0 Å². The molecule has 2 N–H and O–H groups in total. The van der Waals surface area contributed by atoms with Crippen LogP contribution in [0.4, 0.5) is 0 Å². The normalized spacial score (nSPS) is 10.9. The number of nitrogens with one attached hydrogen (secondary N) is 2. The quantitative estimate of drug-likeness (QED) is 0.606. The number of rotatable bonds is 7. The molecule has 0 fully saturated rings. The standard InChI is InChI=1S/C24H27N3O2/c1-16(2)24(29)26-14-13-25-22(28)15-20-17(3)27-21-12-8-7-11-19(21)23(20)18-9-5-4-6-10-18/h4-12,16H,13-15H2,1-3H3,(H,25,28)(H,26,29). The highest BCUT2D eigenvalue weighted by atomic mass is 16.2. The van der Waals surface area contributed by atoms with Crippen LogP contribution in [-0.4, -0.2) is 29.9 Å². The van der Waals surface area contributed by atoms with Crippen LogP contribution in [0, 0.1) is 12.8 Å². The molecule has 1 heterocycles. The Bertz CT molecular complexity index is 1010. The summed E-state index contributed by atoms with van der Waals surface area (Å²) in [5.41, 5.74) is 4.83. The average molecular weight is 389 g/mol. The smallest absolute Gasteiger partial charge is 0.224 e. The highest BCUT2D eigenvalue weighted by Crippen LogP contribution is 2.33. The molecule has 3 rings (SSSR count). The first-order valence-corrected chi connectivity index (χ1v) is 9.95. The van der Waals surface area contributed by atoms with Gasteiger partial charge in [-0.25, -0.2) is 0 Å². The zero-order chi connectivity index (χ0) is 20.8. The van der Waals surface area contributed by atoms with Gasteiger partial charge in [0.1, 0.15) is 0 Å². The highest BCUT2D eigenvalue weighted by Gasteiger charge is 2.17. The van der Waals surface area contributed by atoms with Gasteiger partial charge >= 0.3 is 0 Å². The number of amides is 2. The number of pyridine rings is 1. The third-order valence-electron chi connectivity index (χ3n) is 4.87. The zero-order valence-electron chi connectivity index (χ0n) is 17.2. The van der Waals surface area contributed by atoms with Gasteiger partial charge in [0.25, 0.3) is 0 Å². The van der Waals surface area contributed by atoms with Gasteiger partial charge < -0.3 is 10.6 Å². The Hall–Kier alpha value is -3.21. The summed E-state index contributed by atoms with van der Waals surface area (Å²) in [4.78, 5) is 28.9. The Balaban J connectivity index is 1.83. The molecule has 0 unspecified atom stereocenters. The maximum atomic E-state index is 12.6. The van der Waals surface area contributed by atoms with E-state index in [9.17, 15) is 9.59 Å². The van der Waals surface area contributed by atoms with Gasteiger partial charge in [-0.15, -0.1) is 0 Å². The lowest BCUT2D eigenvalue weighted by molar-refractivity contribution is -0.124. The first-order chi connectivity index (χ1) is 14.0. The summed E-state index contributed by atoms with van der Waals surface area (Å²) >= 11 is 0. The van der Waals surface area contributed by atoms with E-state index in [1.54, 1.807) is 0 Å². The second-order valence-electron chi connectivity index (χ2n) is 7.41. The summed E-state index contributed by atoms with van der Waals surface area (Å²) in [6, 6.07) is 18.1. The van der Waals surface area contributed by atoms with Gasteiger partial charge in [-0.3, -0.25) is 14.6 Å². The van der Waals surface area contributed by atoms with Gasteiger partial charge in [-0.05, 0) is 29.7 Å². The number of benzene rings is 2. The summed E-state index contributed by atoms with van der Waals surface area (Å²) < 4.78 is 0. The second kappa shape index (κ2) is 9.32. The SMILES string of the molecule is Cc1nc2ccccc2c(-c2ccccc2)c1CC(=O)NCCNC(=O)C(C)C. The number of carbonyl (C=O) groups excluding carboxylic acids is 2. The summed E-state index contributed by atoms with van der Waals surface area (Å²) in [6.45, 7) is 6.45. The van der Waals surface area contributed by atoms with Crippen LogP contribution < -0.4 is 10.6 Å². The van der Waals surface area contributed by atoms with E-state index >= 15 is 0 Å². The molecule has 5 nitrogen and oxygen atoms in total. The van der Waals surface area contributed by atoms with E-state index in [-0.39, 0.29) is 24.2 Å². The van der Waals surface area contributed by atoms with E-state index < -0.39 is 0 Å². The minimum atomic E-state index is -0.0823. The van der Waals surface area contributed by atoms with Crippen LogP contribution in [0.15, 0.2) is 54.6 Å². The van der Waals surface area contributed by atoms with Crippen molar-refractivity contribution in [1.29, 1.82) is 0 Å². The lowest BCUT2D eigenvalue weighted by atomic mass is 9.92. The lowest BCUT2D eigenvalue weighted by Crippen LogP contribution is -2.37. The molecule has 0 saturated heterocycles. The van der Waals surface area contributed by atoms with Gasteiger partial charge in [0.15, 0.2) is 0 Å². The van der Waals surface area contributed by atoms with Crippen LogP contribution in [0.1, 0.15) is 25.1 Å². The fourth-order valence-electron chi connectivity index (χ4n) is 3.34. The Kier molecular flexibility index (Phi) is 6.60. The number of carbonyl (C=O) groups is 2. The van der Waals surface area contributed by atoms with Crippen molar-refractivity contribution in [2.24, 2.45) is 5.92 Å². The van der Waals surface area contributed by atoms with Gasteiger partial charge in [-0.2, -0.15) is 0 Å². The average Bonchev–Trinajstić information content (AvgIpc) is 2.72. The third-order valence-corrected chi connectivity index (χ3v) is 4.87. The van der Waals surface area contributed by atoms with Gasteiger partial charge in [0, 0.05) is 30.1 Å². The molecule has 0 spiro atoms. The van der Waals surface area contributed by atoms with Crippen molar-refractivity contribution in [2.75, 3.05) is 13.1 Å². The molecule has 3 aromatic rings. The highest BCUT2D eigenvalue weighted by molar-refractivity contribution is 5.98. The lowest BCUT2D eigenvalue weighted by Gasteiger charge is -2.16. The first-order valence-electron chi connectivity index (χ1n) is 9.95. The summed E-state index contributed by atoms with van der Waals surface area (Å²) in [6.07, 6.45) is 0.242. The molecule has 0 aliphatic heterocycles. The molecule has 0 aliphatic carbocycles. The maximum absolute atomic E-state index is 12.6. The van der Waals surface area contributed by atoms with E-state index in [0.717, 1.165) is 33.3 Å². The van der Waals surface area contributed by atoms with Crippen LogP contribution in [-0.2, 0) is 16.0 Å². The number of nitrogens with zero attached hydrogens (tertiary/aromatic N) is 1. The van der Waals surface area contributed by atoms with Crippen molar-refractivity contribution in [1.82, 2.24) is 15.6 Å². The minimum absolute atomic E-state index is 0.0137. The number of aryl methyl sites for hydroxylation is 1. The number of aromatic nitrogens is 1. The van der Waals surface area contributed by atoms with Crippen molar-refractivity contribution in [3.8, 4) is 11.1 Å². The Morgan fingerprint density at radius 3 is 2.31 bits per heavy atom. The van der Waals surface area contributed by atoms with E-state index in [4.69, 9.17) is 4.98 Å². The largest absolute Gasteiger partial charge is 0.354 e. The molecule has 5 heteroatoms. The van der Waals surface area contributed by atoms with Crippen LogP contribution in [0.5, 0.6) is 0 Å². The van der Waals surface area contributed by atoms with Gasteiger partial charge in [0.05, 0.1) is 11.9 Å². The molecular formula is C24H27N3O2. The van der Waals surface area contributed by atoms with Crippen molar-refractivity contribution in [3.05, 3.63) is 65.9 Å². The summed E-state index contributed by atoms with van der Waals surface area (Å²) in [5, 5.41) is 6.74. The third kappa shape index (κ3) is 4.99. The molecule has 2 amide bonds. The fourth-order valence-corrected chi connectivity index (χ4v) is 3.34. The van der Waals surface area contributed by atoms with Gasteiger partial charge in [0.2, 0.25) is 11.8 Å². The summed E-state index contributed by atoms with van der Waals surface area (Å²) in [7, 11) is 0. The number of hydrogen-bond donors (Lipinski definition) is 2. The van der Waals surface area contributed by atoms with E-state index in [0.29, 0.717) is 13.1 Å². The van der Waals surface area contributed by atoms with Crippen LogP contribution in [0.2, 0.25) is 0 Å². The topological polar surface area (TPSA) is 71.1 Å². The number of hydrogen-bond acceptors (Lipinski definition) is 3. The molecule has 0 saturated carbocycles. The monoisotopic (exact) mass is 389 g/mol. The predicted octanol–water partition coefficient (Wildman–Crippen LogP) is 3.64. The Morgan fingerprint density at radius 2 is 1.59 bits per heavy atom. The molecule has 0 radical (unpaired) electrons. The van der Waals surface area contributed by atoms with Gasteiger partial charge in [-0.1, -0.05) is 62.4 Å². The molecule has 0 bridgehead atoms. The number of para-hydroxylation sites is 1. The molecule has 1 aromatic heterocycles. The van der Waals surface area contributed by atoms with Crippen LogP contribution in [0.25, 0.3) is 22.0 Å². The summed E-state index contributed by atoms with van der Waals surface area (Å²) in [5.74, 6) is -0.160. The van der Waals surface area contributed by atoms with Crippen molar-refractivity contribution in [2.45, 2.75) is 27.2 Å². The van der Waals surface area contributed by atoms with E-state index in [1.807, 2.05) is 63.2 Å². The van der Waals surface area contributed by atoms with Crippen molar-refractivity contribution >= 4 is 22.7 Å².